The van der Waals surface area contributed by atoms with Gasteiger partial charge in [-0.3, -0.25) is 9.48 Å². The first-order valence-corrected chi connectivity index (χ1v) is 11.6. The molecule has 2 atom stereocenters. The fraction of sp³-hybridized carbons (Fsp3) is 0.308. The molecule has 3 aromatic rings. The molecule has 180 valence electrons. The van der Waals surface area contributed by atoms with Crippen LogP contribution in [0.15, 0.2) is 54.6 Å². The summed E-state index contributed by atoms with van der Waals surface area (Å²) in [7, 11) is 1.57. The molecule has 0 aliphatic heterocycles. The fourth-order valence-electron chi connectivity index (χ4n) is 5.07. The van der Waals surface area contributed by atoms with Gasteiger partial charge in [0.05, 0.1) is 0 Å². The van der Waals surface area contributed by atoms with Gasteiger partial charge in [0.25, 0.3) is 0 Å². The van der Waals surface area contributed by atoms with Gasteiger partial charge in [-0.1, -0.05) is 48.5 Å². The number of hydrogen-bond donors (Lipinski definition) is 3. The number of nitrogens with one attached hydrogen (secondary N) is 2. The SMILES string of the molecule is Cn1nc(C(=O)O)cc1NC(=O)C1CCC(NC(=O)OCC2c3ccccc3-c3ccccc32)C1. The van der Waals surface area contributed by atoms with Crippen LogP contribution in [-0.2, 0) is 16.6 Å². The number of benzene rings is 2. The van der Waals surface area contributed by atoms with E-state index in [2.05, 4.69) is 40.0 Å². The summed E-state index contributed by atoms with van der Waals surface area (Å²) in [4.78, 5) is 36.3. The molecule has 2 aromatic carbocycles. The number of carboxylic acids is 1. The lowest BCUT2D eigenvalue weighted by Gasteiger charge is -2.17. The Balaban J connectivity index is 1.14. The molecule has 1 saturated carbocycles. The number of alkyl carbamates (subject to hydrolysis) is 1. The van der Waals surface area contributed by atoms with E-state index in [1.165, 1.54) is 21.9 Å². The van der Waals surface area contributed by atoms with E-state index in [0.717, 1.165) is 11.1 Å². The summed E-state index contributed by atoms with van der Waals surface area (Å²) < 4.78 is 6.94. The summed E-state index contributed by atoms with van der Waals surface area (Å²) in [6.45, 7) is 0.239. The van der Waals surface area contributed by atoms with Crippen LogP contribution in [0.25, 0.3) is 11.1 Å². The van der Waals surface area contributed by atoms with Gasteiger partial charge in [-0.15, -0.1) is 0 Å². The predicted octanol–water partition coefficient (Wildman–Crippen LogP) is 3.76. The largest absolute Gasteiger partial charge is 0.476 e. The number of rotatable bonds is 6. The molecule has 0 radical (unpaired) electrons. The number of nitrogens with zero attached hydrogens (tertiary/aromatic N) is 2. The van der Waals surface area contributed by atoms with Crippen molar-refractivity contribution < 1.29 is 24.2 Å². The molecule has 1 heterocycles. The predicted molar refractivity (Wildman–Crippen MR) is 128 cm³/mol. The Labute approximate surface area is 202 Å². The quantitative estimate of drug-likeness (QED) is 0.500. The number of aryl methyl sites for hydroxylation is 1. The van der Waals surface area contributed by atoms with Crippen LogP contribution in [0.1, 0.15) is 46.8 Å². The number of anilines is 1. The number of carboxylic acid groups (broad SMARTS) is 1. The average Bonchev–Trinajstić information content (AvgIpc) is 3.54. The van der Waals surface area contributed by atoms with Crippen LogP contribution < -0.4 is 10.6 Å². The highest BCUT2D eigenvalue weighted by Gasteiger charge is 2.33. The van der Waals surface area contributed by atoms with Gasteiger partial charge in [0, 0.05) is 31.0 Å². The van der Waals surface area contributed by atoms with Gasteiger partial charge >= 0.3 is 12.1 Å². The second-order valence-corrected chi connectivity index (χ2v) is 9.01. The summed E-state index contributed by atoms with van der Waals surface area (Å²) in [5, 5.41) is 18.5. The molecule has 2 aliphatic carbocycles. The van der Waals surface area contributed by atoms with Gasteiger partial charge in [0.1, 0.15) is 12.4 Å². The lowest BCUT2D eigenvalue weighted by molar-refractivity contribution is -0.119. The van der Waals surface area contributed by atoms with E-state index in [1.807, 2.05) is 24.3 Å². The topological polar surface area (TPSA) is 123 Å². The Morgan fingerprint density at radius 2 is 1.71 bits per heavy atom. The first-order chi connectivity index (χ1) is 16.9. The van der Waals surface area contributed by atoms with Crippen LogP contribution in [0.2, 0.25) is 0 Å². The molecule has 9 nitrogen and oxygen atoms in total. The van der Waals surface area contributed by atoms with Crippen molar-refractivity contribution in [2.24, 2.45) is 13.0 Å². The smallest absolute Gasteiger partial charge is 0.407 e. The second kappa shape index (κ2) is 9.25. The van der Waals surface area contributed by atoms with Crippen LogP contribution in [0, 0.1) is 5.92 Å². The van der Waals surface area contributed by atoms with Crippen molar-refractivity contribution in [2.75, 3.05) is 11.9 Å². The van der Waals surface area contributed by atoms with Gasteiger partial charge in [0.15, 0.2) is 5.69 Å². The van der Waals surface area contributed by atoms with Crippen molar-refractivity contribution >= 4 is 23.8 Å². The zero-order valence-corrected chi connectivity index (χ0v) is 19.2. The lowest BCUT2D eigenvalue weighted by atomic mass is 9.98. The van der Waals surface area contributed by atoms with Crippen LogP contribution >= 0.6 is 0 Å². The summed E-state index contributed by atoms with van der Waals surface area (Å²) in [6, 6.07) is 17.5. The van der Waals surface area contributed by atoms with E-state index in [-0.39, 0.29) is 36.1 Å². The maximum absolute atomic E-state index is 12.7. The number of fused-ring (bicyclic) bond motifs is 3. The molecule has 0 bridgehead atoms. The molecular weight excluding hydrogens is 448 g/mol. The van der Waals surface area contributed by atoms with Crippen LogP contribution in [0.5, 0.6) is 0 Å². The molecule has 2 aliphatic rings. The molecule has 2 amide bonds. The van der Waals surface area contributed by atoms with Crippen molar-refractivity contribution in [3.05, 3.63) is 71.4 Å². The number of carbonyl (C=O) groups excluding carboxylic acids is 2. The summed E-state index contributed by atoms with van der Waals surface area (Å²) >= 11 is 0. The Hall–Kier alpha value is -4.14. The maximum atomic E-state index is 12.7. The van der Waals surface area contributed by atoms with Crippen molar-refractivity contribution in [3.63, 3.8) is 0 Å². The summed E-state index contributed by atoms with van der Waals surface area (Å²) in [5.41, 5.74) is 4.51. The molecule has 9 heteroatoms. The van der Waals surface area contributed by atoms with E-state index < -0.39 is 12.1 Å². The van der Waals surface area contributed by atoms with Crippen molar-refractivity contribution in [1.29, 1.82) is 0 Å². The van der Waals surface area contributed by atoms with Crippen molar-refractivity contribution in [3.8, 4) is 11.1 Å². The zero-order chi connectivity index (χ0) is 24.5. The van der Waals surface area contributed by atoms with Gasteiger partial charge in [0.2, 0.25) is 5.91 Å². The normalized spacial score (nSPS) is 18.5. The fourth-order valence-corrected chi connectivity index (χ4v) is 5.07. The second-order valence-electron chi connectivity index (χ2n) is 9.01. The van der Waals surface area contributed by atoms with Crippen LogP contribution in [-0.4, -0.2) is 45.5 Å². The minimum Gasteiger partial charge on any atom is -0.476 e. The van der Waals surface area contributed by atoms with Gasteiger partial charge in [-0.25, -0.2) is 9.59 Å². The average molecular weight is 475 g/mol. The number of aromatic carboxylic acids is 1. The summed E-state index contributed by atoms with van der Waals surface area (Å²) in [6.07, 6.45) is 1.27. The minimum atomic E-state index is -1.16. The van der Waals surface area contributed by atoms with E-state index in [1.54, 1.807) is 7.05 Å². The Morgan fingerprint density at radius 1 is 1.06 bits per heavy atom. The number of ether oxygens (including phenoxy) is 1. The van der Waals surface area contributed by atoms with Crippen molar-refractivity contribution in [2.45, 2.75) is 31.2 Å². The third-order valence-corrected chi connectivity index (χ3v) is 6.82. The Morgan fingerprint density at radius 3 is 2.34 bits per heavy atom. The van der Waals surface area contributed by atoms with E-state index in [9.17, 15) is 14.4 Å². The van der Waals surface area contributed by atoms with Crippen LogP contribution in [0.3, 0.4) is 0 Å². The number of aromatic nitrogens is 2. The highest BCUT2D eigenvalue weighted by molar-refractivity contribution is 5.94. The molecule has 0 saturated heterocycles. The zero-order valence-electron chi connectivity index (χ0n) is 19.2. The van der Waals surface area contributed by atoms with E-state index >= 15 is 0 Å². The summed E-state index contributed by atoms with van der Waals surface area (Å²) in [5.74, 6) is -1.36. The molecule has 5 rings (SSSR count). The number of carbonyl (C=O) groups is 3. The third-order valence-electron chi connectivity index (χ3n) is 6.82. The van der Waals surface area contributed by atoms with Gasteiger partial charge < -0.3 is 20.5 Å². The molecule has 2 unspecified atom stereocenters. The van der Waals surface area contributed by atoms with Gasteiger partial charge in [-0.2, -0.15) is 5.10 Å². The Bertz CT molecular complexity index is 1250. The molecule has 3 N–H and O–H groups in total. The monoisotopic (exact) mass is 474 g/mol. The lowest BCUT2D eigenvalue weighted by Crippen LogP contribution is -2.35. The first-order valence-electron chi connectivity index (χ1n) is 11.6. The molecule has 1 fully saturated rings. The highest BCUT2D eigenvalue weighted by atomic mass is 16.5. The minimum absolute atomic E-state index is 0.00940. The van der Waals surface area contributed by atoms with E-state index in [4.69, 9.17) is 9.84 Å². The van der Waals surface area contributed by atoms with Crippen LogP contribution in [0.4, 0.5) is 10.6 Å². The van der Waals surface area contributed by atoms with E-state index in [0.29, 0.717) is 25.1 Å². The number of amides is 2. The van der Waals surface area contributed by atoms with Crippen molar-refractivity contribution in [1.82, 2.24) is 15.1 Å². The molecule has 0 spiro atoms. The molecule has 1 aromatic heterocycles. The van der Waals surface area contributed by atoms with Gasteiger partial charge in [-0.05, 0) is 41.5 Å². The molecular formula is C26H26N4O5. The maximum Gasteiger partial charge on any atom is 0.407 e. The highest BCUT2D eigenvalue weighted by Crippen LogP contribution is 2.44. The molecule has 35 heavy (non-hydrogen) atoms. The first kappa shape index (κ1) is 22.6. The third kappa shape index (κ3) is 4.49. The standard InChI is InChI=1S/C26H26N4O5/c1-30-23(13-22(29-30)25(32)33)28-24(31)15-10-11-16(12-15)27-26(34)35-14-21-19-8-4-2-6-17(19)18-7-3-5-9-20(18)21/h2-9,13,15-16,21H,10-12,14H2,1H3,(H,27,34)(H,28,31)(H,32,33). The Kier molecular flexibility index (Phi) is 5.98. The number of hydrogen-bond acceptors (Lipinski definition) is 5.